The van der Waals surface area contributed by atoms with Crippen LogP contribution in [0.4, 0.5) is 0 Å². The van der Waals surface area contributed by atoms with Gasteiger partial charge >= 0.3 is 0 Å². The molecule has 3 rings (SSSR count). The highest BCUT2D eigenvalue weighted by molar-refractivity contribution is 6.35. The number of unbranched alkanes of at least 4 members (excludes halogenated alkanes) is 3. The Kier molecular flexibility index (Phi) is 7.81. The average Bonchev–Trinajstić information content (AvgIpc) is 3.22. The Hall–Kier alpha value is -1.97. The Morgan fingerprint density at radius 2 is 1.93 bits per heavy atom. The summed E-state index contributed by atoms with van der Waals surface area (Å²) in [5, 5.41) is 1.25. The van der Waals surface area contributed by atoms with Gasteiger partial charge in [0.05, 0.1) is 12.4 Å². The first kappa shape index (κ1) is 20.8. The molecule has 5 heteroatoms. The van der Waals surface area contributed by atoms with E-state index in [9.17, 15) is 0 Å². The summed E-state index contributed by atoms with van der Waals surface area (Å²) >= 11 is 12.3. The zero-order valence-electron chi connectivity index (χ0n) is 16.2. The first-order valence-corrected chi connectivity index (χ1v) is 10.6. The lowest BCUT2D eigenvalue weighted by molar-refractivity contribution is 0.298. The first-order chi connectivity index (χ1) is 13.7. The number of aromatic nitrogens is 2. The highest BCUT2D eigenvalue weighted by Crippen LogP contribution is 2.33. The Labute approximate surface area is 177 Å². The number of hydrogen-bond donors (Lipinski definition) is 0. The number of nitrogens with zero attached hydrogens (tertiary/aromatic N) is 2. The molecule has 0 saturated carbocycles. The van der Waals surface area contributed by atoms with E-state index in [-0.39, 0.29) is 6.04 Å². The second-order valence-corrected chi connectivity index (χ2v) is 7.78. The quantitative estimate of drug-likeness (QED) is 0.323. The van der Waals surface area contributed by atoms with Gasteiger partial charge in [0.25, 0.3) is 0 Å². The Morgan fingerprint density at radius 1 is 1.07 bits per heavy atom. The fourth-order valence-electron chi connectivity index (χ4n) is 3.36. The molecular weight excluding hydrogens is 391 g/mol. The van der Waals surface area contributed by atoms with Crippen molar-refractivity contribution in [1.29, 1.82) is 0 Å². The zero-order valence-corrected chi connectivity index (χ0v) is 17.7. The van der Waals surface area contributed by atoms with E-state index in [1.165, 1.54) is 31.2 Å². The Bertz CT molecular complexity index is 865. The smallest absolute Gasteiger partial charge is 0.125 e. The predicted molar refractivity (Wildman–Crippen MR) is 116 cm³/mol. The van der Waals surface area contributed by atoms with Gasteiger partial charge < -0.3 is 9.30 Å². The summed E-state index contributed by atoms with van der Waals surface area (Å²) in [5.41, 5.74) is 2.09. The summed E-state index contributed by atoms with van der Waals surface area (Å²) in [6.07, 6.45) is 11.7. The van der Waals surface area contributed by atoms with Crippen LogP contribution in [0, 0.1) is 0 Å². The summed E-state index contributed by atoms with van der Waals surface area (Å²) in [6.45, 7) is 2.64. The molecular formula is C23H26Cl2N2O. The van der Waals surface area contributed by atoms with E-state index >= 15 is 0 Å². The SMILES string of the molecule is CCCCCCC(c1ccccc1OCc1ccc(Cl)cc1Cl)n1ccnc1. The third-order valence-corrected chi connectivity index (χ3v) is 5.48. The lowest BCUT2D eigenvalue weighted by Gasteiger charge is -2.22. The van der Waals surface area contributed by atoms with E-state index in [0.29, 0.717) is 16.7 Å². The maximum absolute atomic E-state index is 6.30. The molecule has 0 bridgehead atoms. The number of hydrogen-bond acceptors (Lipinski definition) is 2. The lowest BCUT2D eigenvalue weighted by atomic mass is 9.99. The number of ether oxygens (including phenoxy) is 1. The van der Waals surface area contributed by atoms with E-state index < -0.39 is 0 Å². The van der Waals surface area contributed by atoms with Crippen LogP contribution in [0.3, 0.4) is 0 Å². The van der Waals surface area contributed by atoms with Crippen molar-refractivity contribution in [3.8, 4) is 5.75 Å². The van der Waals surface area contributed by atoms with Gasteiger partial charge in [-0.3, -0.25) is 0 Å². The number of halogens is 2. The van der Waals surface area contributed by atoms with Gasteiger partial charge in [-0.2, -0.15) is 0 Å². The van der Waals surface area contributed by atoms with Crippen LogP contribution in [0.15, 0.2) is 61.2 Å². The van der Waals surface area contributed by atoms with E-state index in [0.717, 1.165) is 17.7 Å². The van der Waals surface area contributed by atoms with Crippen molar-refractivity contribution >= 4 is 23.2 Å². The maximum atomic E-state index is 6.30. The number of para-hydroxylation sites is 1. The van der Waals surface area contributed by atoms with Crippen LogP contribution in [0.1, 0.15) is 56.2 Å². The van der Waals surface area contributed by atoms with Gasteiger partial charge in [-0.1, -0.05) is 80.1 Å². The van der Waals surface area contributed by atoms with Crippen molar-refractivity contribution in [2.24, 2.45) is 0 Å². The molecule has 0 aliphatic carbocycles. The van der Waals surface area contributed by atoms with Crippen LogP contribution in [0.2, 0.25) is 10.0 Å². The van der Waals surface area contributed by atoms with Crippen LogP contribution in [0.25, 0.3) is 0 Å². The van der Waals surface area contributed by atoms with Gasteiger partial charge in [0.2, 0.25) is 0 Å². The largest absolute Gasteiger partial charge is 0.488 e. The predicted octanol–water partition coefficient (Wildman–Crippen LogP) is 7.33. The minimum atomic E-state index is 0.205. The first-order valence-electron chi connectivity index (χ1n) is 9.82. The lowest BCUT2D eigenvalue weighted by Crippen LogP contribution is -2.11. The topological polar surface area (TPSA) is 27.1 Å². The van der Waals surface area contributed by atoms with Crippen molar-refractivity contribution in [3.05, 3.63) is 82.4 Å². The molecule has 1 aromatic heterocycles. The summed E-state index contributed by atoms with van der Waals surface area (Å²) in [7, 11) is 0. The third-order valence-electron chi connectivity index (χ3n) is 4.89. The van der Waals surface area contributed by atoms with Gasteiger partial charge in [-0.05, 0) is 24.6 Å². The van der Waals surface area contributed by atoms with Gasteiger partial charge in [0.1, 0.15) is 12.4 Å². The van der Waals surface area contributed by atoms with Gasteiger partial charge in [0.15, 0.2) is 0 Å². The van der Waals surface area contributed by atoms with E-state index in [1.807, 2.05) is 43.0 Å². The van der Waals surface area contributed by atoms with Gasteiger partial charge in [0, 0.05) is 33.6 Å². The molecule has 0 aliphatic rings. The number of benzene rings is 2. The minimum absolute atomic E-state index is 0.205. The highest BCUT2D eigenvalue weighted by atomic mass is 35.5. The summed E-state index contributed by atoms with van der Waals surface area (Å²) in [6, 6.07) is 13.9. The van der Waals surface area contributed by atoms with E-state index in [2.05, 4.69) is 28.6 Å². The molecule has 28 heavy (non-hydrogen) atoms. The molecule has 0 radical (unpaired) electrons. The van der Waals surface area contributed by atoms with E-state index in [1.54, 1.807) is 6.07 Å². The molecule has 0 fully saturated rings. The van der Waals surface area contributed by atoms with Crippen LogP contribution in [0.5, 0.6) is 5.75 Å². The molecule has 1 unspecified atom stereocenters. The maximum Gasteiger partial charge on any atom is 0.125 e. The number of rotatable bonds is 10. The summed E-state index contributed by atoms with van der Waals surface area (Å²) in [4.78, 5) is 4.25. The molecule has 2 aromatic carbocycles. The van der Waals surface area contributed by atoms with Crippen LogP contribution in [-0.2, 0) is 6.61 Å². The molecule has 0 N–H and O–H groups in total. The second kappa shape index (κ2) is 10.5. The van der Waals surface area contributed by atoms with E-state index in [4.69, 9.17) is 27.9 Å². The fraction of sp³-hybridized carbons (Fsp3) is 0.348. The summed E-state index contributed by atoms with van der Waals surface area (Å²) in [5.74, 6) is 0.878. The molecule has 0 aliphatic heterocycles. The van der Waals surface area contributed by atoms with Crippen molar-refractivity contribution in [3.63, 3.8) is 0 Å². The average molecular weight is 417 g/mol. The number of imidazole rings is 1. The zero-order chi connectivity index (χ0) is 19.8. The molecule has 148 valence electrons. The van der Waals surface area contributed by atoms with Crippen LogP contribution >= 0.6 is 23.2 Å². The molecule has 3 nitrogen and oxygen atoms in total. The fourth-order valence-corrected chi connectivity index (χ4v) is 3.83. The molecule has 0 spiro atoms. The van der Waals surface area contributed by atoms with Gasteiger partial charge in [-0.25, -0.2) is 4.98 Å². The van der Waals surface area contributed by atoms with Crippen molar-refractivity contribution in [2.45, 2.75) is 51.7 Å². The Morgan fingerprint density at radius 3 is 2.68 bits per heavy atom. The van der Waals surface area contributed by atoms with Crippen LogP contribution in [-0.4, -0.2) is 9.55 Å². The Balaban J connectivity index is 1.79. The molecule has 0 amide bonds. The standard InChI is InChI=1S/C23H26Cl2N2O/c1-2-3-4-5-9-22(27-14-13-26-17-27)20-8-6-7-10-23(20)28-16-18-11-12-19(24)15-21(18)25/h6-8,10-15,17,22H,2-5,9,16H2,1H3. The third kappa shape index (κ3) is 5.52. The minimum Gasteiger partial charge on any atom is -0.488 e. The highest BCUT2D eigenvalue weighted by Gasteiger charge is 2.18. The second-order valence-electron chi connectivity index (χ2n) is 6.94. The van der Waals surface area contributed by atoms with Crippen molar-refractivity contribution in [1.82, 2.24) is 9.55 Å². The molecule has 3 aromatic rings. The van der Waals surface area contributed by atoms with Gasteiger partial charge in [-0.15, -0.1) is 0 Å². The molecule has 0 saturated heterocycles. The normalized spacial score (nSPS) is 12.1. The monoisotopic (exact) mass is 416 g/mol. The van der Waals surface area contributed by atoms with Crippen LogP contribution < -0.4 is 4.74 Å². The summed E-state index contributed by atoms with van der Waals surface area (Å²) < 4.78 is 8.36. The van der Waals surface area contributed by atoms with Crippen molar-refractivity contribution in [2.75, 3.05) is 0 Å². The molecule has 1 heterocycles. The molecule has 1 atom stereocenters. The van der Waals surface area contributed by atoms with Crippen molar-refractivity contribution < 1.29 is 4.74 Å².